The predicted molar refractivity (Wildman–Crippen MR) is 68.5 cm³/mol. The van der Waals surface area contributed by atoms with Crippen molar-refractivity contribution < 1.29 is 14.6 Å². The fourth-order valence-corrected chi connectivity index (χ4v) is 1.33. The third-order valence-corrected chi connectivity index (χ3v) is 2.33. The van der Waals surface area contributed by atoms with Gasteiger partial charge in [0.25, 0.3) is 0 Å². The van der Waals surface area contributed by atoms with Crippen LogP contribution in [-0.4, -0.2) is 21.8 Å². The monoisotopic (exact) mass is 336 g/mol. The van der Waals surface area contributed by atoms with Crippen LogP contribution in [0.5, 0.6) is 5.75 Å². The van der Waals surface area contributed by atoms with Gasteiger partial charge in [-0.3, -0.25) is 5.32 Å². The minimum atomic E-state index is -0.568. The number of amides is 1. The Labute approximate surface area is 107 Å². The first-order valence-electron chi connectivity index (χ1n) is 4.62. The molecule has 16 heavy (non-hydrogen) atoms. The molecule has 0 radical (unpaired) electrons. The van der Waals surface area contributed by atoms with Gasteiger partial charge in [0.15, 0.2) is 0 Å². The van der Waals surface area contributed by atoms with Crippen LogP contribution in [0.15, 0.2) is 12.3 Å². The lowest BCUT2D eigenvalue weighted by molar-refractivity contribution is 0.0635. The van der Waals surface area contributed by atoms with Gasteiger partial charge in [0.05, 0.1) is 9.77 Å². The molecule has 0 aliphatic rings. The summed E-state index contributed by atoms with van der Waals surface area (Å²) in [5, 5.41) is 11.7. The van der Waals surface area contributed by atoms with Crippen molar-refractivity contribution in [2.75, 3.05) is 5.32 Å². The van der Waals surface area contributed by atoms with E-state index in [2.05, 4.69) is 10.3 Å². The molecule has 0 spiro atoms. The highest BCUT2D eigenvalue weighted by molar-refractivity contribution is 14.1. The second-order valence-electron chi connectivity index (χ2n) is 4.15. The smallest absolute Gasteiger partial charge is 0.413 e. The Kier molecular flexibility index (Phi) is 3.95. The first-order valence-corrected chi connectivity index (χ1v) is 5.70. The lowest BCUT2D eigenvalue weighted by Crippen LogP contribution is -2.27. The van der Waals surface area contributed by atoms with Crippen LogP contribution in [0.25, 0.3) is 0 Å². The van der Waals surface area contributed by atoms with E-state index in [1.165, 1.54) is 6.20 Å². The summed E-state index contributed by atoms with van der Waals surface area (Å²) in [7, 11) is 0. The molecule has 2 N–H and O–H groups in total. The van der Waals surface area contributed by atoms with E-state index in [-0.39, 0.29) is 5.75 Å². The van der Waals surface area contributed by atoms with Crippen LogP contribution in [0, 0.1) is 3.57 Å². The van der Waals surface area contributed by atoms with Gasteiger partial charge in [-0.25, -0.2) is 9.78 Å². The molecule has 0 fully saturated rings. The van der Waals surface area contributed by atoms with Gasteiger partial charge < -0.3 is 9.84 Å². The van der Waals surface area contributed by atoms with Crippen LogP contribution >= 0.6 is 22.6 Å². The van der Waals surface area contributed by atoms with E-state index < -0.39 is 11.7 Å². The number of hydrogen-bond donors (Lipinski definition) is 2. The number of hydrogen-bond acceptors (Lipinski definition) is 4. The number of rotatable bonds is 1. The Morgan fingerprint density at radius 3 is 2.69 bits per heavy atom. The number of carbonyl (C=O) groups is 1. The maximum atomic E-state index is 11.4. The maximum absolute atomic E-state index is 11.4. The molecule has 88 valence electrons. The molecule has 0 bridgehead atoms. The SMILES string of the molecule is CC(C)(C)OC(=O)Nc1cc(I)c(O)cn1. The molecule has 1 aromatic heterocycles. The van der Waals surface area contributed by atoms with Gasteiger partial charge in [0.2, 0.25) is 0 Å². The van der Waals surface area contributed by atoms with Gasteiger partial charge in [0.1, 0.15) is 17.2 Å². The van der Waals surface area contributed by atoms with E-state index in [0.29, 0.717) is 9.39 Å². The molecule has 0 aliphatic carbocycles. The first-order chi connectivity index (χ1) is 7.28. The summed E-state index contributed by atoms with van der Waals surface area (Å²) in [6.45, 7) is 5.34. The number of anilines is 1. The van der Waals surface area contributed by atoms with Crippen LogP contribution in [0.1, 0.15) is 20.8 Å². The lowest BCUT2D eigenvalue weighted by atomic mass is 10.2. The lowest BCUT2D eigenvalue weighted by Gasteiger charge is -2.19. The Hall–Kier alpha value is -1.05. The van der Waals surface area contributed by atoms with Crippen molar-refractivity contribution in [2.45, 2.75) is 26.4 Å². The summed E-state index contributed by atoms with van der Waals surface area (Å²) < 4.78 is 5.67. The molecule has 5 nitrogen and oxygen atoms in total. The quantitative estimate of drug-likeness (QED) is 0.774. The Bertz CT molecular complexity index is 402. The minimum Gasteiger partial charge on any atom is -0.505 e. The summed E-state index contributed by atoms with van der Waals surface area (Å²) >= 11 is 1.94. The molecule has 0 saturated carbocycles. The van der Waals surface area contributed by atoms with Crippen molar-refractivity contribution in [1.29, 1.82) is 0 Å². The molecule has 0 aromatic carbocycles. The predicted octanol–water partition coefficient (Wildman–Crippen LogP) is 2.74. The van der Waals surface area contributed by atoms with E-state index in [1.54, 1.807) is 26.8 Å². The molecular weight excluding hydrogens is 323 g/mol. The van der Waals surface area contributed by atoms with Crippen molar-refractivity contribution in [3.8, 4) is 5.75 Å². The van der Waals surface area contributed by atoms with Crippen molar-refractivity contribution in [3.63, 3.8) is 0 Å². The van der Waals surface area contributed by atoms with Crippen LogP contribution in [0.4, 0.5) is 10.6 Å². The number of nitrogens with one attached hydrogen (secondary N) is 1. The minimum absolute atomic E-state index is 0.0790. The Morgan fingerprint density at radius 2 is 2.19 bits per heavy atom. The van der Waals surface area contributed by atoms with Gasteiger partial charge in [-0.2, -0.15) is 0 Å². The number of aromatic hydroxyl groups is 1. The highest BCUT2D eigenvalue weighted by atomic mass is 127. The average Bonchev–Trinajstić information content (AvgIpc) is 2.08. The van der Waals surface area contributed by atoms with Crippen LogP contribution in [0.3, 0.4) is 0 Å². The zero-order valence-corrected chi connectivity index (χ0v) is 11.4. The van der Waals surface area contributed by atoms with E-state index in [0.717, 1.165) is 0 Å². The van der Waals surface area contributed by atoms with Crippen LogP contribution in [-0.2, 0) is 4.74 Å². The third-order valence-electron chi connectivity index (χ3n) is 1.46. The molecule has 1 rings (SSSR count). The number of carbonyl (C=O) groups excluding carboxylic acids is 1. The van der Waals surface area contributed by atoms with Crippen molar-refractivity contribution in [1.82, 2.24) is 4.98 Å². The normalized spacial score (nSPS) is 11.0. The van der Waals surface area contributed by atoms with Crippen LogP contribution < -0.4 is 5.32 Å². The second kappa shape index (κ2) is 4.86. The standard InChI is InChI=1S/C10H13IN2O3/c1-10(2,3)16-9(15)13-8-4-6(11)7(14)5-12-8/h4-5,14H,1-3H3,(H,12,13,15). The first kappa shape index (κ1) is 13.0. The van der Waals surface area contributed by atoms with Gasteiger partial charge >= 0.3 is 6.09 Å². The molecule has 0 unspecified atom stereocenters. The van der Waals surface area contributed by atoms with Gasteiger partial charge in [-0.15, -0.1) is 0 Å². The van der Waals surface area contributed by atoms with Gasteiger partial charge in [0, 0.05) is 0 Å². The average molecular weight is 336 g/mol. The van der Waals surface area contributed by atoms with E-state index in [9.17, 15) is 9.90 Å². The summed E-state index contributed by atoms with van der Waals surface area (Å²) in [4.78, 5) is 15.2. The van der Waals surface area contributed by atoms with Crippen LogP contribution in [0.2, 0.25) is 0 Å². The fraction of sp³-hybridized carbons (Fsp3) is 0.400. The number of pyridine rings is 1. The molecule has 1 amide bonds. The molecule has 0 aliphatic heterocycles. The number of ether oxygens (including phenoxy) is 1. The molecule has 0 saturated heterocycles. The molecule has 0 atom stereocenters. The number of nitrogens with zero attached hydrogens (tertiary/aromatic N) is 1. The number of halogens is 1. The third kappa shape index (κ3) is 4.21. The Morgan fingerprint density at radius 1 is 1.56 bits per heavy atom. The van der Waals surface area contributed by atoms with Crippen molar-refractivity contribution in [2.24, 2.45) is 0 Å². The number of aromatic nitrogens is 1. The van der Waals surface area contributed by atoms with Crippen molar-refractivity contribution in [3.05, 3.63) is 15.8 Å². The van der Waals surface area contributed by atoms with Gasteiger partial charge in [-0.05, 0) is 49.4 Å². The summed E-state index contributed by atoms with van der Waals surface area (Å²) in [6.07, 6.45) is 0.704. The summed E-state index contributed by atoms with van der Waals surface area (Å²) in [6, 6.07) is 1.56. The molecule has 6 heteroatoms. The summed E-state index contributed by atoms with van der Waals surface area (Å²) in [5.41, 5.74) is -0.547. The molecular formula is C10H13IN2O3. The summed E-state index contributed by atoms with van der Waals surface area (Å²) in [5.74, 6) is 0.423. The fourth-order valence-electron chi connectivity index (χ4n) is 0.900. The Balaban J connectivity index is 2.67. The van der Waals surface area contributed by atoms with Gasteiger partial charge in [-0.1, -0.05) is 0 Å². The van der Waals surface area contributed by atoms with E-state index in [1.807, 2.05) is 22.6 Å². The van der Waals surface area contributed by atoms with Crippen molar-refractivity contribution >= 4 is 34.5 Å². The maximum Gasteiger partial charge on any atom is 0.413 e. The highest BCUT2D eigenvalue weighted by Crippen LogP contribution is 2.20. The highest BCUT2D eigenvalue weighted by Gasteiger charge is 2.16. The van der Waals surface area contributed by atoms with E-state index in [4.69, 9.17) is 4.74 Å². The topological polar surface area (TPSA) is 71.5 Å². The second-order valence-corrected chi connectivity index (χ2v) is 5.31. The van der Waals surface area contributed by atoms with E-state index >= 15 is 0 Å². The zero-order chi connectivity index (χ0) is 12.3. The zero-order valence-electron chi connectivity index (χ0n) is 9.24. The largest absolute Gasteiger partial charge is 0.505 e. The molecule has 1 aromatic rings. The molecule has 1 heterocycles.